The molecule has 5 heteroatoms. The van der Waals surface area contributed by atoms with E-state index in [-0.39, 0.29) is 12.6 Å². The maximum atomic E-state index is 10.9. The number of rotatable bonds is 11. The molecule has 0 spiro atoms. The highest BCUT2D eigenvalue weighted by atomic mass is 16.6. The van der Waals surface area contributed by atoms with Gasteiger partial charge in [0.2, 0.25) is 0 Å². The average Bonchev–Trinajstić information content (AvgIpc) is 2.47. The van der Waals surface area contributed by atoms with Crippen molar-refractivity contribution < 1.29 is 23.7 Å². The van der Waals surface area contributed by atoms with Gasteiger partial charge in [0.1, 0.15) is 6.61 Å². The summed E-state index contributed by atoms with van der Waals surface area (Å²) in [5, 5.41) is 0. The lowest BCUT2D eigenvalue weighted by atomic mass is 10.2. The number of carbonyl (C=O) groups excluding carboxylic acids is 1. The Morgan fingerprint density at radius 1 is 0.950 bits per heavy atom. The molecule has 0 saturated carbocycles. The van der Waals surface area contributed by atoms with E-state index in [4.69, 9.17) is 18.9 Å². The quantitative estimate of drug-likeness (QED) is 0.457. The molecule has 0 heterocycles. The molecule has 0 aliphatic carbocycles. The topological polar surface area (TPSA) is 54.0 Å². The molecule has 0 saturated heterocycles. The lowest BCUT2D eigenvalue weighted by Gasteiger charge is -2.06. The van der Waals surface area contributed by atoms with Crippen molar-refractivity contribution in [2.45, 2.75) is 13.5 Å². The van der Waals surface area contributed by atoms with Crippen molar-refractivity contribution in [1.29, 1.82) is 0 Å². The van der Waals surface area contributed by atoms with E-state index < -0.39 is 0 Å². The summed E-state index contributed by atoms with van der Waals surface area (Å²) in [6, 6.07) is 9.98. The van der Waals surface area contributed by atoms with E-state index in [9.17, 15) is 4.79 Å². The Morgan fingerprint density at radius 3 is 2.30 bits per heavy atom. The van der Waals surface area contributed by atoms with Gasteiger partial charge in [0.25, 0.3) is 0 Å². The van der Waals surface area contributed by atoms with Crippen molar-refractivity contribution in [3.05, 3.63) is 35.9 Å². The Hall–Kier alpha value is -1.43. The van der Waals surface area contributed by atoms with Crippen molar-refractivity contribution in [3.8, 4) is 0 Å². The van der Waals surface area contributed by atoms with Gasteiger partial charge in [-0.25, -0.2) is 4.79 Å². The third kappa shape index (κ3) is 8.63. The highest BCUT2D eigenvalue weighted by Gasteiger charge is 2.00. The Bertz CT molecular complexity index is 353. The molecule has 0 atom stereocenters. The first-order valence-electron chi connectivity index (χ1n) is 6.75. The van der Waals surface area contributed by atoms with E-state index in [0.717, 1.165) is 5.56 Å². The zero-order valence-electron chi connectivity index (χ0n) is 11.9. The number of carbonyl (C=O) groups is 1. The first kappa shape index (κ1) is 16.6. The van der Waals surface area contributed by atoms with Crippen molar-refractivity contribution in [2.75, 3.05) is 39.6 Å². The van der Waals surface area contributed by atoms with Gasteiger partial charge >= 0.3 is 5.97 Å². The van der Waals surface area contributed by atoms with E-state index in [0.29, 0.717) is 39.6 Å². The highest BCUT2D eigenvalue weighted by Crippen LogP contribution is 1.99. The third-order valence-corrected chi connectivity index (χ3v) is 2.38. The Morgan fingerprint density at radius 2 is 1.60 bits per heavy atom. The molecule has 1 rings (SSSR count). The molecule has 1 aromatic carbocycles. The molecule has 0 N–H and O–H groups in total. The summed E-state index contributed by atoms with van der Waals surface area (Å²) in [5.74, 6) is -0.348. The molecule has 0 aromatic heterocycles. The van der Waals surface area contributed by atoms with E-state index in [1.54, 1.807) is 6.92 Å². The Kier molecular flexibility index (Phi) is 9.48. The first-order valence-corrected chi connectivity index (χ1v) is 6.75. The van der Waals surface area contributed by atoms with Crippen molar-refractivity contribution in [3.63, 3.8) is 0 Å². The fourth-order valence-corrected chi connectivity index (χ4v) is 1.46. The molecule has 0 unspecified atom stereocenters. The van der Waals surface area contributed by atoms with Gasteiger partial charge in [-0.3, -0.25) is 0 Å². The summed E-state index contributed by atoms with van der Waals surface area (Å²) in [5.41, 5.74) is 1.14. The fourth-order valence-electron chi connectivity index (χ4n) is 1.46. The zero-order chi connectivity index (χ0) is 14.5. The van der Waals surface area contributed by atoms with Gasteiger partial charge < -0.3 is 18.9 Å². The minimum Gasteiger partial charge on any atom is -0.464 e. The Balaban J connectivity index is 1.84. The van der Waals surface area contributed by atoms with Gasteiger partial charge in [-0.05, 0) is 12.5 Å². The van der Waals surface area contributed by atoms with Crippen molar-refractivity contribution in [1.82, 2.24) is 0 Å². The monoisotopic (exact) mass is 282 g/mol. The minimum atomic E-state index is -0.348. The molecule has 0 fully saturated rings. The summed E-state index contributed by atoms with van der Waals surface area (Å²) in [7, 11) is 0. The van der Waals surface area contributed by atoms with E-state index >= 15 is 0 Å². The smallest absolute Gasteiger partial charge is 0.332 e. The maximum Gasteiger partial charge on any atom is 0.332 e. The highest BCUT2D eigenvalue weighted by molar-refractivity contribution is 5.70. The summed E-state index contributed by atoms with van der Waals surface area (Å²) in [6.45, 7) is 4.55. The molecule has 0 radical (unpaired) electrons. The summed E-state index contributed by atoms with van der Waals surface area (Å²) >= 11 is 0. The summed E-state index contributed by atoms with van der Waals surface area (Å²) < 4.78 is 20.6. The second-order valence-corrected chi connectivity index (χ2v) is 4.01. The average molecular weight is 282 g/mol. The van der Waals surface area contributed by atoms with Crippen LogP contribution in [0.15, 0.2) is 30.3 Å². The van der Waals surface area contributed by atoms with Gasteiger partial charge in [0, 0.05) is 0 Å². The van der Waals surface area contributed by atoms with Crippen LogP contribution in [0.3, 0.4) is 0 Å². The number of esters is 1. The van der Waals surface area contributed by atoms with Crippen LogP contribution in [-0.2, 0) is 30.3 Å². The molecule has 1 aromatic rings. The number of benzene rings is 1. The van der Waals surface area contributed by atoms with E-state index in [2.05, 4.69) is 0 Å². The minimum absolute atomic E-state index is 0.0261. The van der Waals surface area contributed by atoms with Crippen LogP contribution in [0.25, 0.3) is 0 Å². The lowest BCUT2D eigenvalue weighted by molar-refractivity contribution is -0.149. The molecule has 5 nitrogen and oxygen atoms in total. The molecular formula is C15H22O5. The van der Waals surface area contributed by atoms with Crippen molar-refractivity contribution in [2.24, 2.45) is 0 Å². The molecule has 0 amide bonds. The predicted octanol–water partition coefficient (Wildman–Crippen LogP) is 1.80. The Labute approximate surface area is 119 Å². The maximum absolute atomic E-state index is 10.9. The van der Waals surface area contributed by atoms with Crippen LogP contribution in [0.2, 0.25) is 0 Å². The summed E-state index contributed by atoms with van der Waals surface area (Å²) in [4.78, 5) is 10.9. The molecular weight excluding hydrogens is 260 g/mol. The standard InChI is InChI=1S/C15H22O5/c1-2-20-15(16)13-19-11-9-17-8-10-18-12-14-6-4-3-5-7-14/h3-7H,2,8-13H2,1H3. The number of hydrogen-bond donors (Lipinski definition) is 0. The third-order valence-electron chi connectivity index (χ3n) is 2.38. The lowest BCUT2D eigenvalue weighted by Crippen LogP contribution is -2.15. The second-order valence-electron chi connectivity index (χ2n) is 4.01. The first-order chi connectivity index (χ1) is 9.83. The fraction of sp³-hybridized carbons (Fsp3) is 0.533. The molecule has 20 heavy (non-hydrogen) atoms. The van der Waals surface area contributed by atoms with Gasteiger partial charge in [-0.1, -0.05) is 30.3 Å². The van der Waals surface area contributed by atoms with Crippen LogP contribution < -0.4 is 0 Å². The molecule has 0 aliphatic heterocycles. The van der Waals surface area contributed by atoms with Crippen LogP contribution in [0, 0.1) is 0 Å². The van der Waals surface area contributed by atoms with Crippen LogP contribution in [0.1, 0.15) is 12.5 Å². The van der Waals surface area contributed by atoms with Gasteiger partial charge in [0.15, 0.2) is 0 Å². The normalized spacial score (nSPS) is 10.4. The van der Waals surface area contributed by atoms with E-state index in [1.807, 2.05) is 30.3 Å². The zero-order valence-corrected chi connectivity index (χ0v) is 11.9. The number of ether oxygens (including phenoxy) is 4. The van der Waals surface area contributed by atoms with Gasteiger partial charge in [-0.2, -0.15) is 0 Å². The molecule has 0 bridgehead atoms. The predicted molar refractivity (Wildman–Crippen MR) is 74.4 cm³/mol. The van der Waals surface area contributed by atoms with Crippen LogP contribution in [-0.4, -0.2) is 45.6 Å². The van der Waals surface area contributed by atoms with E-state index in [1.165, 1.54) is 0 Å². The largest absolute Gasteiger partial charge is 0.464 e. The van der Waals surface area contributed by atoms with Gasteiger partial charge in [0.05, 0.1) is 39.6 Å². The van der Waals surface area contributed by atoms with Crippen LogP contribution in [0.5, 0.6) is 0 Å². The second kappa shape index (κ2) is 11.4. The SMILES string of the molecule is CCOC(=O)COCCOCCOCc1ccccc1. The number of hydrogen-bond acceptors (Lipinski definition) is 5. The van der Waals surface area contributed by atoms with Crippen LogP contribution >= 0.6 is 0 Å². The van der Waals surface area contributed by atoms with Gasteiger partial charge in [-0.15, -0.1) is 0 Å². The molecule has 112 valence electrons. The molecule has 0 aliphatic rings. The summed E-state index contributed by atoms with van der Waals surface area (Å²) in [6.07, 6.45) is 0. The van der Waals surface area contributed by atoms with Crippen LogP contribution in [0.4, 0.5) is 0 Å². The van der Waals surface area contributed by atoms with Crippen molar-refractivity contribution >= 4 is 5.97 Å².